The average Bonchev–Trinajstić information content (AvgIpc) is 2.78. The van der Waals surface area contributed by atoms with Crippen LogP contribution in [0.25, 0.3) is 0 Å². The molecule has 0 fully saturated rings. The van der Waals surface area contributed by atoms with Gasteiger partial charge >= 0.3 is 0 Å². The molecule has 1 aliphatic rings. The Balaban J connectivity index is 1.99. The zero-order valence-electron chi connectivity index (χ0n) is 13.2. The molecule has 0 radical (unpaired) electrons. The molecule has 0 unspecified atom stereocenters. The number of fused-ring (bicyclic) bond motifs is 1. The molecule has 2 aromatic rings. The SMILES string of the molecule is COc1ccc(C(C)(C)c2n[nH]c3c2CCCCC3)cc1. The highest BCUT2D eigenvalue weighted by Gasteiger charge is 2.30. The zero-order chi connectivity index (χ0) is 14.9. The molecule has 112 valence electrons. The number of benzene rings is 1. The normalized spacial score (nSPS) is 15.4. The molecule has 1 aromatic heterocycles. The van der Waals surface area contributed by atoms with Crippen molar-refractivity contribution in [2.75, 3.05) is 7.11 Å². The number of nitrogens with one attached hydrogen (secondary N) is 1. The molecule has 0 saturated heterocycles. The summed E-state index contributed by atoms with van der Waals surface area (Å²) in [7, 11) is 1.70. The van der Waals surface area contributed by atoms with Crippen LogP contribution in [-0.4, -0.2) is 17.3 Å². The van der Waals surface area contributed by atoms with Gasteiger partial charge in [0.05, 0.1) is 12.8 Å². The predicted octanol–water partition coefficient (Wildman–Crippen LogP) is 4.01. The topological polar surface area (TPSA) is 37.9 Å². The van der Waals surface area contributed by atoms with E-state index in [-0.39, 0.29) is 5.41 Å². The first kappa shape index (κ1) is 14.2. The summed E-state index contributed by atoms with van der Waals surface area (Å²) < 4.78 is 5.26. The maximum atomic E-state index is 5.26. The predicted molar refractivity (Wildman–Crippen MR) is 85.0 cm³/mol. The number of aromatic amines is 1. The van der Waals surface area contributed by atoms with Crippen LogP contribution >= 0.6 is 0 Å². The summed E-state index contributed by atoms with van der Waals surface area (Å²) in [5.74, 6) is 0.899. The standard InChI is InChI=1S/C18H24N2O/c1-18(2,13-9-11-14(21-3)12-10-13)17-15-7-5-4-6-8-16(15)19-20-17/h9-12H,4-8H2,1-3H3,(H,19,20). The van der Waals surface area contributed by atoms with E-state index in [4.69, 9.17) is 4.74 Å². The molecule has 1 aromatic carbocycles. The molecule has 0 saturated carbocycles. The van der Waals surface area contributed by atoms with Gasteiger partial charge in [-0.3, -0.25) is 5.10 Å². The van der Waals surface area contributed by atoms with Crippen LogP contribution in [0.2, 0.25) is 0 Å². The van der Waals surface area contributed by atoms with Crippen LogP contribution in [0.4, 0.5) is 0 Å². The second-order valence-corrected chi connectivity index (χ2v) is 6.44. The molecule has 0 amide bonds. The van der Waals surface area contributed by atoms with Crippen molar-refractivity contribution >= 4 is 0 Å². The molecule has 0 bridgehead atoms. The quantitative estimate of drug-likeness (QED) is 0.865. The molecule has 0 spiro atoms. The minimum absolute atomic E-state index is 0.0826. The Labute approximate surface area is 126 Å². The van der Waals surface area contributed by atoms with Gasteiger partial charge in [0.15, 0.2) is 0 Å². The highest BCUT2D eigenvalue weighted by Crippen LogP contribution is 2.36. The number of aryl methyl sites for hydroxylation is 1. The van der Waals surface area contributed by atoms with Crippen molar-refractivity contribution in [2.45, 2.75) is 51.4 Å². The number of methoxy groups -OCH3 is 1. The lowest BCUT2D eigenvalue weighted by molar-refractivity contribution is 0.414. The van der Waals surface area contributed by atoms with Gasteiger partial charge in [-0.2, -0.15) is 5.10 Å². The summed E-state index contributed by atoms with van der Waals surface area (Å²) in [5, 5.41) is 7.96. The van der Waals surface area contributed by atoms with Crippen molar-refractivity contribution in [3.63, 3.8) is 0 Å². The smallest absolute Gasteiger partial charge is 0.118 e. The number of rotatable bonds is 3. The fraction of sp³-hybridized carbons (Fsp3) is 0.500. The largest absolute Gasteiger partial charge is 0.497 e. The molecule has 1 N–H and O–H groups in total. The molecule has 3 heteroatoms. The van der Waals surface area contributed by atoms with E-state index in [1.165, 1.54) is 41.8 Å². The second kappa shape index (κ2) is 5.55. The molecule has 1 aliphatic carbocycles. The lowest BCUT2D eigenvalue weighted by atomic mass is 9.79. The van der Waals surface area contributed by atoms with Crippen molar-refractivity contribution < 1.29 is 4.74 Å². The summed E-state index contributed by atoms with van der Waals surface area (Å²) in [6, 6.07) is 8.36. The first-order valence-electron chi connectivity index (χ1n) is 7.84. The summed E-state index contributed by atoms with van der Waals surface area (Å²) in [4.78, 5) is 0. The molecule has 0 atom stereocenters. The van der Waals surface area contributed by atoms with Gasteiger partial charge in [-0.1, -0.05) is 32.4 Å². The van der Waals surface area contributed by atoms with Crippen LogP contribution < -0.4 is 4.74 Å². The van der Waals surface area contributed by atoms with E-state index in [0.717, 1.165) is 18.6 Å². The summed E-state index contributed by atoms with van der Waals surface area (Å²) in [5.41, 5.74) is 5.21. The number of hydrogen-bond acceptors (Lipinski definition) is 2. The fourth-order valence-electron chi connectivity index (χ4n) is 3.32. The maximum Gasteiger partial charge on any atom is 0.118 e. The Morgan fingerprint density at radius 3 is 2.48 bits per heavy atom. The van der Waals surface area contributed by atoms with Gasteiger partial charge in [-0.15, -0.1) is 0 Å². The van der Waals surface area contributed by atoms with Gasteiger partial charge in [-0.25, -0.2) is 0 Å². The number of hydrogen-bond donors (Lipinski definition) is 1. The second-order valence-electron chi connectivity index (χ2n) is 6.44. The molecule has 0 aliphatic heterocycles. The van der Waals surface area contributed by atoms with Gasteiger partial charge in [0.2, 0.25) is 0 Å². The van der Waals surface area contributed by atoms with Gasteiger partial charge in [0.25, 0.3) is 0 Å². The first-order chi connectivity index (χ1) is 10.1. The van der Waals surface area contributed by atoms with Gasteiger partial charge < -0.3 is 4.74 Å². The first-order valence-corrected chi connectivity index (χ1v) is 7.84. The third-order valence-corrected chi connectivity index (χ3v) is 4.71. The summed E-state index contributed by atoms with van der Waals surface area (Å²) >= 11 is 0. The Morgan fingerprint density at radius 2 is 1.76 bits per heavy atom. The van der Waals surface area contributed by atoms with Gasteiger partial charge in [0.1, 0.15) is 5.75 Å². The van der Waals surface area contributed by atoms with Crippen LogP contribution in [-0.2, 0) is 18.3 Å². The van der Waals surface area contributed by atoms with Crippen molar-refractivity contribution in [1.82, 2.24) is 10.2 Å². The molecule has 3 nitrogen and oxygen atoms in total. The van der Waals surface area contributed by atoms with E-state index in [1.807, 2.05) is 12.1 Å². The highest BCUT2D eigenvalue weighted by atomic mass is 16.5. The van der Waals surface area contributed by atoms with E-state index in [9.17, 15) is 0 Å². The number of H-pyrrole nitrogens is 1. The third-order valence-electron chi connectivity index (χ3n) is 4.71. The Bertz CT molecular complexity index is 611. The zero-order valence-corrected chi connectivity index (χ0v) is 13.2. The Kier molecular flexibility index (Phi) is 3.75. The van der Waals surface area contributed by atoms with Crippen LogP contribution in [0.3, 0.4) is 0 Å². The minimum Gasteiger partial charge on any atom is -0.497 e. The van der Waals surface area contributed by atoms with Crippen LogP contribution in [0.5, 0.6) is 5.75 Å². The van der Waals surface area contributed by atoms with Gasteiger partial charge in [0, 0.05) is 11.1 Å². The van der Waals surface area contributed by atoms with Crippen molar-refractivity contribution in [2.24, 2.45) is 0 Å². The highest BCUT2D eigenvalue weighted by molar-refractivity contribution is 5.42. The summed E-state index contributed by atoms with van der Waals surface area (Å²) in [6.45, 7) is 4.52. The average molecular weight is 284 g/mol. The molecular weight excluding hydrogens is 260 g/mol. The van der Waals surface area contributed by atoms with Crippen molar-refractivity contribution in [1.29, 1.82) is 0 Å². The lowest BCUT2D eigenvalue weighted by Gasteiger charge is -2.25. The molecule has 3 rings (SSSR count). The van der Waals surface area contributed by atoms with Crippen LogP contribution in [0.15, 0.2) is 24.3 Å². The lowest BCUT2D eigenvalue weighted by Crippen LogP contribution is -2.21. The van der Waals surface area contributed by atoms with Crippen molar-refractivity contribution in [3.8, 4) is 5.75 Å². The fourth-order valence-corrected chi connectivity index (χ4v) is 3.32. The monoisotopic (exact) mass is 284 g/mol. The third kappa shape index (κ3) is 2.57. The molecule has 21 heavy (non-hydrogen) atoms. The van der Waals surface area contributed by atoms with E-state index >= 15 is 0 Å². The van der Waals surface area contributed by atoms with E-state index in [1.54, 1.807) is 7.11 Å². The minimum atomic E-state index is -0.0826. The Hall–Kier alpha value is -1.77. The molecule has 1 heterocycles. The van der Waals surface area contributed by atoms with Crippen LogP contribution in [0.1, 0.15) is 55.6 Å². The Morgan fingerprint density at radius 1 is 1.05 bits per heavy atom. The summed E-state index contributed by atoms with van der Waals surface area (Å²) in [6.07, 6.45) is 6.17. The van der Waals surface area contributed by atoms with Crippen LogP contribution in [0, 0.1) is 0 Å². The van der Waals surface area contributed by atoms with E-state index < -0.39 is 0 Å². The van der Waals surface area contributed by atoms with E-state index in [0.29, 0.717) is 0 Å². The van der Waals surface area contributed by atoms with Gasteiger partial charge in [-0.05, 0) is 48.9 Å². The maximum absolute atomic E-state index is 5.26. The molecular formula is C18H24N2O. The number of aromatic nitrogens is 2. The van der Waals surface area contributed by atoms with Crippen molar-refractivity contribution in [3.05, 3.63) is 46.8 Å². The number of ether oxygens (including phenoxy) is 1. The van der Waals surface area contributed by atoms with E-state index in [2.05, 4.69) is 36.2 Å². The number of nitrogens with zero attached hydrogens (tertiary/aromatic N) is 1.